The van der Waals surface area contributed by atoms with Crippen LogP contribution in [0.3, 0.4) is 0 Å². The molecule has 1 aromatic carbocycles. The van der Waals surface area contributed by atoms with Crippen LogP contribution < -0.4 is 4.65 Å². The number of para-hydroxylation sites is 1. The number of ether oxygens (including phenoxy) is 1. The van der Waals surface area contributed by atoms with Gasteiger partial charge in [0.05, 0.1) is 6.61 Å². The van der Waals surface area contributed by atoms with Crippen molar-refractivity contribution in [1.29, 1.82) is 0 Å². The molecule has 1 atom stereocenters. The summed E-state index contributed by atoms with van der Waals surface area (Å²) in [5.41, 5.74) is 1.14. The number of unbranched alkanes of at least 4 members (excludes halogenated alkanes) is 1. The Hall–Kier alpha value is -2.12. The Morgan fingerprint density at radius 1 is 1.33 bits per heavy atom. The van der Waals surface area contributed by atoms with Crippen LogP contribution in [0.1, 0.15) is 47.0 Å². The number of benzene rings is 1. The summed E-state index contributed by atoms with van der Waals surface area (Å²) in [7, 11) is -1.12. The van der Waals surface area contributed by atoms with E-state index in [0.29, 0.717) is 30.8 Å². The summed E-state index contributed by atoms with van der Waals surface area (Å²) < 4.78 is 10.9. The normalized spacial score (nSPS) is 15.8. The quantitative estimate of drug-likeness (QED) is 0.426. The third-order valence-electron chi connectivity index (χ3n) is 4.61. The molecule has 0 saturated carbocycles. The molecule has 0 saturated heterocycles. The van der Waals surface area contributed by atoms with Crippen LogP contribution in [0.2, 0.25) is 5.82 Å². The lowest BCUT2D eigenvalue weighted by molar-refractivity contribution is -0.118. The minimum Gasteiger partial charge on any atom is -0.535 e. The average molecular weight is 386 g/mol. The molecule has 0 radical (unpaired) electrons. The maximum atomic E-state index is 12.3. The van der Waals surface area contributed by atoms with E-state index in [4.69, 9.17) is 9.39 Å². The number of ketones is 1. The first-order chi connectivity index (χ1) is 13.1. The minimum atomic E-state index is -1.12. The standard InChI is InChI=1S/C20H23BO5S/c1-2-3-9-25-20(23)18-8-4-6-14-11-15(21(24)26-19(14)18)12-16(22)13-17-7-5-10-27-17/h4-8,10,15,24H,2-3,9,11-13H2,1H3/t15-/m1/s1. The molecule has 0 spiro atoms. The molecule has 0 aliphatic carbocycles. The van der Waals surface area contributed by atoms with Crippen LogP contribution in [0, 0.1) is 0 Å². The van der Waals surface area contributed by atoms with Crippen molar-refractivity contribution in [2.24, 2.45) is 0 Å². The van der Waals surface area contributed by atoms with E-state index in [1.165, 1.54) is 0 Å². The fourth-order valence-electron chi connectivity index (χ4n) is 3.18. The number of esters is 1. The van der Waals surface area contributed by atoms with Gasteiger partial charge in [-0.15, -0.1) is 11.3 Å². The van der Waals surface area contributed by atoms with Crippen LogP contribution in [0.25, 0.3) is 0 Å². The van der Waals surface area contributed by atoms with E-state index in [-0.39, 0.29) is 18.0 Å². The number of rotatable bonds is 8. The van der Waals surface area contributed by atoms with Crippen LogP contribution in [-0.2, 0) is 22.4 Å². The Morgan fingerprint density at radius 3 is 2.93 bits per heavy atom. The summed E-state index contributed by atoms with van der Waals surface area (Å²) in [6.45, 7) is 2.39. The van der Waals surface area contributed by atoms with Gasteiger partial charge in [-0.25, -0.2) is 4.79 Å². The second-order valence-corrected chi connectivity index (χ2v) is 7.79. The third kappa shape index (κ3) is 4.99. The SMILES string of the molecule is CCCCOC(=O)c1cccc2c1OB(O)[C@@H](CC(=O)Cc1cccs1)C2. The first kappa shape index (κ1) is 19.6. The Bertz CT molecular complexity index is 790. The second kappa shape index (κ2) is 9.19. The number of thiophene rings is 1. The van der Waals surface area contributed by atoms with Crippen molar-refractivity contribution in [2.45, 2.75) is 44.8 Å². The van der Waals surface area contributed by atoms with E-state index in [9.17, 15) is 14.6 Å². The summed E-state index contributed by atoms with van der Waals surface area (Å²) >= 11 is 1.55. The maximum Gasteiger partial charge on any atom is 0.526 e. The Labute approximate surface area is 163 Å². The summed E-state index contributed by atoms with van der Waals surface area (Å²) in [4.78, 5) is 25.6. The van der Waals surface area contributed by atoms with E-state index in [0.717, 1.165) is 23.3 Å². The van der Waals surface area contributed by atoms with Crippen molar-refractivity contribution >= 4 is 30.2 Å². The molecule has 1 aromatic heterocycles. The number of fused-ring (bicyclic) bond motifs is 1. The van der Waals surface area contributed by atoms with Gasteiger partial charge < -0.3 is 14.4 Å². The van der Waals surface area contributed by atoms with E-state index >= 15 is 0 Å². The number of hydrogen-bond acceptors (Lipinski definition) is 6. The highest BCUT2D eigenvalue weighted by Crippen LogP contribution is 2.36. The average Bonchev–Trinajstić information content (AvgIpc) is 3.15. The largest absolute Gasteiger partial charge is 0.535 e. The van der Waals surface area contributed by atoms with Gasteiger partial charge in [0.2, 0.25) is 0 Å². The topological polar surface area (TPSA) is 72.8 Å². The van der Waals surface area contributed by atoms with Gasteiger partial charge in [-0.1, -0.05) is 31.5 Å². The van der Waals surface area contributed by atoms with Crippen molar-refractivity contribution < 1.29 is 24.0 Å². The van der Waals surface area contributed by atoms with Gasteiger partial charge in [0, 0.05) is 23.5 Å². The fraction of sp³-hybridized carbons (Fsp3) is 0.400. The molecular formula is C20H23BO5S. The molecule has 1 aliphatic heterocycles. The molecule has 142 valence electrons. The molecule has 1 aliphatic rings. The van der Waals surface area contributed by atoms with Crippen molar-refractivity contribution in [3.8, 4) is 5.75 Å². The molecule has 27 heavy (non-hydrogen) atoms. The lowest BCUT2D eigenvalue weighted by Gasteiger charge is -2.28. The van der Waals surface area contributed by atoms with Crippen molar-refractivity contribution in [3.05, 3.63) is 51.7 Å². The second-order valence-electron chi connectivity index (χ2n) is 6.75. The highest BCUT2D eigenvalue weighted by Gasteiger charge is 2.37. The predicted octanol–water partition coefficient (Wildman–Crippen LogP) is 3.69. The Morgan fingerprint density at radius 2 is 2.19 bits per heavy atom. The lowest BCUT2D eigenvalue weighted by Crippen LogP contribution is -2.36. The highest BCUT2D eigenvalue weighted by atomic mass is 32.1. The van der Waals surface area contributed by atoms with E-state index in [1.807, 2.05) is 30.5 Å². The molecule has 1 N–H and O–H groups in total. The Kier molecular flexibility index (Phi) is 6.69. The van der Waals surface area contributed by atoms with E-state index in [2.05, 4.69) is 0 Å². The first-order valence-electron chi connectivity index (χ1n) is 9.26. The van der Waals surface area contributed by atoms with Crippen LogP contribution in [0.4, 0.5) is 0 Å². The zero-order valence-electron chi connectivity index (χ0n) is 15.3. The van der Waals surface area contributed by atoms with Crippen LogP contribution in [0.15, 0.2) is 35.7 Å². The number of Topliss-reactive ketones (excluding diaryl/α,β-unsaturated/α-hetero) is 1. The van der Waals surface area contributed by atoms with Crippen LogP contribution in [0.5, 0.6) is 5.75 Å². The number of carbonyl (C=O) groups is 2. The molecule has 0 amide bonds. The first-order valence-corrected chi connectivity index (χ1v) is 10.1. The van der Waals surface area contributed by atoms with Gasteiger partial charge in [0.25, 0.3) is 0 Å². The Balaban J connectivity index is 1.67. The predicted molar refractivity (Wildman–Crippen MR) is 105 cm³/mol. The summed E-state index contributed by atoms with van der Waals surface area (Å²) in [5, 5.41) is 12.3. The molecule has 7 heteroatoms. The molecular weight excluding hydrogens is 363 g/mol. The van der Waals surface area contributed by atoms with E-state index in [1.54, 1.807) is 23.5 Å². The van der Waals surface area contributed by atoms with Crippen molar-refractivity contribution in [2.75, 3.05) is 6.61 Å². The zero-order valence-corrected chi connectivity index (χ0v) is 16.2. The molecule has 5 nitrogen and oxygen atoms in total. The summed E-state index contributed by atoms with van der Waals surface area (Å²) in [5.74, 6) is -0.326. The van der Waals surface area contributed by atoms with Crippen LogP contribution >= 0.6 is 11.3 Å². The van der Waals surface area contributed by atoms with Gasteiger partial charge in [-0.3, -0.25) is 4.79 Å². The van der Waals surface area contributed by atoms with Gasteiger partial charge in [-0.05, 0) is 35.9 Å². The maximum absolute atomic E-state index is 12.3. The van der Waals surface area contributed by atoms with Gasteiger partial charge in [-0.2, -0.15) is 0 Å². The summed E-state index contributed by atoms with van der Waals surface area (Å²) in [6, 6.07) is 9.13. The monoisotopic (exact) mass is 386 g/mol. The molecule has 0 fully saturated rings. The molecule has 2 heterocycles. The van der Waals surface area contributed by atoms with E-state index < -0.39 is 13.1 Å². The van der Waals surface area contributed by atoms with Crippen molar-refractivity contribution in [1.82, 2.24) is 0 Å². The molecule has 2 aromatic rings. The smallest absolute Gasteiger partial charge is 0.526 e. The molecule has 3 rings (SSSR count). The van der Waals surface area contributed by atoms with Gasteiger partial charge in [0.15, 0.2) is 0 Å². The molecule has 0 bridgehead atoms. The molecule has 0 unspecified atom stereocenters. The minimum absolute atomic E-state index is 0.0729. The number of hydrogen-bond donors (Lipinski definition) is 1. The lowest BCUT2D eigenvalue weighted by atomic mass is 9.64. The number of carbonyl (C=O) groups excluding carboxylic acids is 2. The van der Waals surface area contributed by atoms with Crippen LogP contribution in [-0.4, -0.2) is 30.5 Å². The van der Waals surface area contributed by atoms with Gasteiger partial charge in [0.1, 0.15) is 17.1 Å². The third-order valence-corrected chi connectivity index (χ3v) is 5.49. The van der Waals surface area contributed by atoms with Gasteiger partial charge >= 0.3 is 13.1 Å². The highest BCUT2D eigenvalue weighted by molar-refractivity contribution is 7.10. The fourth-order valence-corrected chi connectivity index (χ4v) is 3.91. The summed E-state index contributed by atoms with van der Waals surface area (Å²) in [6.07, 6.45) is 2.85. The van der Waals surface area contributed by atoms with Crippen molar-refractivity contribution in [3.63, 3.8) is 0 Å². The zero-order chi connectivity index (χ0) is 19.2.